The van der Waals surface area contributed by atoms with E-state index in [4.69, 9.17) is 25.7 Å². The fraction of sp³-hybridized carbons (Fsp3) is 0.359. The third-order valence-corrected chi connectivity index (χ3v) is 9.27. The largest absolute Gasteiger partial charge is 0.467 e. The zero-order chi connectivity index (χ0) is 39.3. The first-order valence-corrected chi connectivity index (χ1v) is 19.5. The quantitative estimate of drug-likeness (QED) is 0.0807. The molecule has 4 aromatic carbocycles. The smallest absolute Gasteiger partial charge is 0.418 e. The van der Waals surface area contributed by atoms with Gasteiger partial charge in [0.15, 0.2) is 0 Å². The lowest BCUT2D eigenvalue weighted by atomic mass is 10.0. The Morgan fingerprint density at radius 1 is 0.698 bits per heavy atom. The number of rotatable bonds is 12. The number of thioether (sulfide) groups is 2. The molecule has 0 unspecified atom stereocenters. The molecule has 3 amide bonds. The van der Waals surface area contributed by atoms with Crippen molar-refractivity contribution in [3.05, 3.63) is 83.9 Å². The van der Waals surface area contributed by atoms with Crippen LogP contribution in [0.4, 0.5) is 16.2 Å². The summed E-state index contributed by atoms with van der Waals surface area (Å²) in [4.78, 5) is 64.5. The predicted molar refractivity (Wildman–Crippen MR) is 214 cm³/mol. The lowest BCUT2D eigenvalue weighted by molar-refractivity contribution is -0.146. The van der Waals surface area contributed by atoms with Crippen LogP contribution in [0.5, 0.6) is 0 Å². The number of hydrogen-bond acceptors (Lipinski definition) is 12. The Morgan fingerprint density at radius 2 is 1.17 bits per heavy atom. The zero-order valence-corrected chi connectivity index (χ0v) is 32.7. The van der Waals surface area contributed by atoms with E-state index in [9.17, 15) is 24.0 Å². The molecule has 14 heteroatoms. The molecule has 4 rings (SSSR count). The van der Waals surface area contributed by atoms with Crippen molar-refractivity contribution in [3.63, 3.8) is 0 Å². The topological polar surface area (TPSA) is 180 Å². The maximum Gasteiger partial charge on any atom is 0.418 e. The van der Waals surface area contributed by atoms with Crippen molar-refractivity contribution >= 4 is 86.3 Å². The number of nitrogens with two attached hydrogens (primary N) is 2. The number of ether oxygens (including phenoxy) is 3. The summed E-state index contributed by atoms with van der Waals surface area (Å²) in [7, 11) is 2.55. The summed E-state index contributed by atoms with van der Waals surface area (Å²) >= 11 is 3.11. The van der Waals surface area contributed by atoms with Crippen LogP contribution in [-0.4, -0.2) is 90.7 Å². The second-order valence-corrected chi connectivity index (χ2v) is 14.8. The van der Waals surface area contributed by atoms with Gasteiger partial charge in [-0.15, -0.1) is 0 Å². The van der Waals surface area contributed by atoms with Gasteiger partial charge in [0.05, 0.1) is 14.2 Å². The molecule has 284 valence electrons. The number of fused-ring (bicyclic) bond motifs is 2. The van der Waals surface area contributed by atoms with Gasteiger partial charge in [0.1, 0.15) is 17.7 Å². The highest BCUT2D eigenvalue weighted by Crippen LogP contribution is 2.28. The van der Waals surface area contributed by atoms with Crippen LogP contribution < -0.4 is 16.8 Å². The highest BCUT2D eigenvalue weighted by Gasteiger charge is 2.39. The number of nitrogen functional groups attached to an aromatic ring is 2. The SMILES string of the molecule is COC(=O)[C@H](CCSC)N(C(=O)OC(C)(C)C)C(=O)c1ccc(N)c2ccccc12.COC(=O)[C@H](CCSC)NC(=O)c1ccc(N)c2ccccc12. The minimum Gasteiger partial charge on any atom is -0.467 e. The number of amides is 3. The average Bonchev–Trinajstić information content (AvgIpc) is 3.14. The van der Waals surface area contributed by atoms with Crippen LogP contribution in [0.15, 0.2) is 72.8 Å². The van der Waals surface area contributed by atoms with E-state index < -0.39 is 41.6 Å². The Kier molecular flexibility index (Phi) is 15.8. The zero-order valence-electron chi connectivity index (χ0n) is 31.1. The molecule has 12 nitrogen and oxygen atoms in total. The third kappa shape index (κ3) is 11.3. The van der Waals surface area contributed by atoms with Crippen molar-refractivity contribution in [3.8, 4) is 0 Å². The summed E-state index contributed by atoms with van der Waals surface area (Å²) in [5, 5.41) is 5.62. The summed E-state index contributed by atoms with van der Waals surface area (Å²) < 4.78 is 15.1. The summed E-state index contributed by atoms with van der Waals surface area (Å²) in [5.74, 6) is -0.762. The van der Waals surface area contributed by atoms with E-state index in [0.717, 1.165) is 21.4 Å². The Balaban J connectivity index is 0.000000295. The molecule has 5 N–H and O–H groups in total. The minimum atomic E-state index is -1.11. The highest BCUT2D eigenvalue weighted by molar-refractivity contribution is 7.98. The van der Waals surface area contributed by atoms with Crippen molar-refractivity contribution in [1.29, 1.82) is 0 Å². The molecule has 0 aromatic heterocycles. The van der Waals surface area contributed by atoms with Crippen molar-refractivity contribution in [2.45, 2.75) is 51.3 Å². The number of benzene rings is 4. The van der Waals surface area contributed by atoms with Crippen molar-refractivity contribution in [2.24, 2.45) is 0 Å². The first kappa shape index (κ1) is 42.5. The van der Waals surface area contributed by atoms with E-state index in [1.54, 1.807) is 75.0 Å². The number of nitrogens with zero attached hydrogens (tertiary/aromatic N) is 1. The molecule has 53 heavy (non-hydrogen) atoms. The molecule has 0 fully saturated rings. The van der Waals surface area contributed by atoms with Crippen LogP contribution in [0.3, 0.4) is 0 Å². The van der Waals surface area contributed by atoms with E-state index in [1.165, 1.54) is 26.0 Å². The molecule has 0 radical (unpaired) electrons. The lowest BCUT2D eigenvalue weighted by Gasteiger charge is -2.31. The predicted octanol–water partition coefficient (Wildman–Crippen LogP) is 6.54. The van der Waals surface area contributed by atoms with Crippen molar-refractivity contribution in [1.82, 2.24) is 10.2 Å². The second kappa shape index (κ2) is 19.8. The summed E-state index contributed by atoms with van der Waals surface area (Å²) in [6.45, 7) is 5.09. The number of carbonyl (C=O) groups is 5. The Morgan fingerprint density at radius 3 is 1.66 bits per heavy atom. The number of methoxy groups -OCH3 is 2. The molecule has 0 heterocycles. The van der Waals surface area contributed by atoms with Gasteiger partial charge in [0.2, 0.25) is 0 Å². The molecule has 0 bridgehead atoms. The number of imide groups is 1. The number of nitrogens with one attached hydrogen (secondary N) is 1. The number of esters is 2. The van der Waals surface area contributed by atoms with Crippen molar-refractivity contribution in [2.75, 3.05) is 49.7 Å². The maximum absolute atomic E-state index is 13.6. The molecule has 0 aliphatic rings. The molecular formula is C39H48N4O8S2. The van der Waals surface area contributed by atoms with Crippen LogP contribution in [0.25, 0.3) is 21.5 Å². The van der Waals surface area contributed by atoms with E-state index in [1.807, 2.05) is 42.8 Å². The Labute approximate surface area is 318 Å². The summed E-state index contributed by atoms with van der Waals surface area (Å²) in [5.41, 5.74) is 13.0. The van der Waals surface area contributed by atoms with Gasteiger partial charge < -0.3 is 31.0 Å². The lowest BCUT2D eigenvalue weighted by Crippen LogP contribution is -2.51. The standard InChI is InChI=1S/C22H28N2O5S.C17H20N2O3S/c1-22(2,3)29-21(27)24(18(12-13-30-5)20(26)28-4)19(25)16-10-11-17(23)15-9-7-6-8-14(15)16;1-22-17(21)15(9-10-23-2)19-16(20)13-7-8-14(18)12-6-4-3-5-11(12)13/h6-11,18H,12-13,23H2,1-5H3;3-8,15H,9-10,18H2,1-2H3,(H,19,20)/t18-;15-/m00/s1. The van der Waals surface area contributed by atoms with Gasteiger partial charge >= 0.3 is 18.0 Å². The van der Waals surface area contributed by atoms with Gasteiger partial charge in [-0.05, 0) is 92.7 Å². The van der Waals surface area contributed by atoms with Crippen molar-refractivity contribution < 1.29 is 38.2 Å². The fourth-order valence-electron chi connectivity index (χ4n) is 5.40. The van der Waals surface area contributed by atoms with Gasteiger partial charge in [-0.1, -0.05) is 48.5 Å². The highest BCUT2D eigenvalue weighted by atomic mass is 32.2. The summed E-state index contributed by atoms with van der Waals surface area (Å²) in [6, 6.07) is 19.4. The van der Waals surface area contributed by atoms with E-state index in [-0.39, 0.29) is 17.9 Å². The van der Waals surface area contributed by atoms with Gasteiger partial charge in [0, 0.05) is 33.3 Å². The molecule has 2 atom stereocenters. The van der Waals surface area contributed by atoms with Crippen LogP contribution in [0, 0.1) is 0 Å². The van der Waals surface area contributed by atoms with E-state index >= 15 is 0 Å². The summed E-state index contributed by atoms with van der Waals surface area (Å²) in [6.07, 6.45) is 3.69. The Bertz CT molecular complexity index is 1930. The molecular weight excluding hydrogens is 717 g/mol. The van der Waals surface area contributed by atoms with Crippen LogP contribution in [0.1, 0.15) is 54.3 Å². The maximum atomic E-state index is 13.6. The first-order valence-electron chi connectivity index (χ1n) is 16.7. The molecule has 0 spiro atoms. The van der Waals surface area contributed by atoms with Gasteiger partial charge in [-0.2, -0.15) is 23.5 Å². The van der Waals surface area contributed by atoms with Gasteiger partial charge in [-0.3, -0.25) is 9.59 Å². The average molecular weight is 765 g/mol. The molecule has 0 saturated carbocycles. The van der Waals surface area contributed by atoms with Crippen LogP contribution in [-0.2, 0) is 23.8 Å². The van der Waals surface area contributed by atoms with E-state index in [2.05, 4.69) is 5.32 Å². The fourth-order valence-corrected chi connectivity index (χ4v) is 6.33. The number of hydrogen-bond donors (Lipinski definition) is 3. The van der Waals surface area contributed by atoms with Gasteiger partial charge in [-0.25, -0.2) is 19.3 Å². The Hall–Kier alpha value is -4.95. The molecule has 0 aliphatic carbocycles. The van der Waals surface area contributed by atoms with E-state index in [0.29, 0.717) is 39.9 Å². The molecule has 4 aromatic rings. The monoisotopic (exact) mass is 764 g/mol. The third-order valence-electron chi connectivity index (χ3n) is 7.98. The first-order chi connectivity index (χ1) is 25.2. The number of anilines is 2. The minimum absolute atomic E-state index is 0.242. The van der Waals surface area contributed by atoms with Gasteiger partial charge in [0.25, 0.3) is 11.8 Å². The second-order valence-electron chi connectivity index (χ2n) is 12.8. The van der Waals surface area contributed by atoms with Crippen LogP contribution >= 0.6 is 23.5 Å². The normalized spacial score (nSPS) is 12.1. The number of carbonyl (C=O) groups excluding carboxylic acids is 5. The van der Waals surface area contributed by atoms with Crippen LogP contribution in [0.2, 0.25) is 0 Å². The molecule has 0 saturated heterocycles. The molecule has 0 aliphatic heterocycles.